The fraction of sp³-hybridized carbons (Fsp3) is 0.625. The predicted octanol–water partition coefficient (Wildman–Crippen LogP) is 0.539. The van der Waals surface area contributed by atoms with E-state index in [9.17, 15) is 10.1 Å². The van der Waals surface area contributed by atoms with Crippen LogP contribution in [-0.2, 0) is 6.54 Å². The van der Waals surface area contributed by atoms with Gasteiger partial charge >= 0.3 is 11.6 Å². The quantitative estimate of drug-likeness (QED) is 0.423. The van der Waals surface area contributed by atoms with E-state index in [1.165, 1.54) is 18.0 Å². The van der Waals surface area contributed by atoms with Crippen LogP contribution in [0.4, 0.5) is 5.69 Å². The summed E-state index contributed by atoms with van der Waals surface area (Å²) >= 11 is 0. The van der Waals surface area contributed by atoms with Gasteiger partial charge in [0, 0.05) is 6.54 Å². The summed E-state index contributed by atoms with van der Waals surface area (Å²) in [6, 6.07) is 0. The summed E-state index contributed by atoms with van der Waals surface area (Å²) in [6.45, 7) is 1.22. The highest BCUT2D eigenvalue weighted by atomic mass is 16.6. The third kappa shape index (κ3) is 2.91. The van der Waals surface area contributed by atoms with Gasteiger partial charge in [0.05, 0.1) is 12.0 Å². The lowest BCUT2D eigenvalue weighted by atomic mass is 10.3. The highest BCUT2D eigenvalue weighted by Gasteiger charge is 2.19. The van der Waals surface area contributed by atoms with Crippen molar-refractivity contribution in [3.63, 3.8) is 0 Å². The maximum atomic E-state index is 10.6. The number of aryl methyl sites for hydroxylation is 1. The van der Waals surface area contributed by atoms with E-state index in [1.54, 1.807) is 0 Å². The van der Waals surface area contributed by atoms with Crippen LogP contribution in [0.5, 0.6) is 5.88 Å². The molecule has 7 heteroatoms. The lowest BCUT2D eigenvalue weighted by Gasteiger charge is -1.97. The number of hydrogen-bond acceptors (Lipinski definition) is 5. The SMILES string of the molecule is COc1nn(CCCCN)cc1[N+](=O)[O-]. The molecule has 15 heavy (non-hydrogen) atoms. The van der Waals surface area contributed by atoms with Crippen LogP contribution in [0.3, 0.4) is 0 Å². The number of hydrogen-bond donors (Lipinski definition) is 1. The molecule has 0 aromatic carbocycles. The predicted molar refractivity (Wildman–Crippen MR) is 53.7 cm³/mol. The van der Waals surface area contributed by atoms with Gasteiger partial charge in [-0.05, 0) is 19.4 Å². The van der Waals surface area contributed by atoms with Gasteiger partial charge in [0.25, 0.3) is 0 Å². The monoisotopic (exact) mass is 214 g/mol. The zero-order valence-corrected chi connectivity index (χ0v) is 8.55. The van der Waals surface area contributed by atoms with E-state index in [0.29, 0.717) is 13.1 Å². The van der Waals surface area contributed by atoms with Gasteiger partial charge in [-0.2, -0.15) is 0 Å². The molecule has 1 aromatic rings. The zero-order chi connectivity index (χ0) is 11.3. The summed E-state index contributed by atoms with van der Waals surface area (Å²) in [4.78, 5) is 10.1. The Labute approximate surface area is 87.0 Å². The van der Waals surface area contributed by atoms with Crippen LogP contribution in [0.15, 0.2) is 6.20 Å². The molecule has 0 radical (unpaired) electrons. The van der Waals surface area contributed by atoms with Crippen LogP contribution in [0, 0.1) is 10.1 Å². The molecular formula is C8H14N4O3. The Hall–Kier alpha value is -1.63. The highest BCUT2D eigenvalue weighted by molar-refractivity contribution is 5.38. The fourth-order valence-electron chi connectivity index (χ4n) is 1.20. The second kappa shape index (κ2) is 5.30. The van der Waals surface area contributed by atoms with Crippen molar-refractivity contribution in [2.24, 2.45) is 5.73 Å². The zero-order valence-electron chi connectivity index (χ0n) is 8.55. The van der Waals surface area contributed by atoms with Crippen molar-refractivity contribution in [2.45, 2.75) is 19.4 Å². The topological polar surface area (TPSA) is 96.2 Å². The number of nitrogens with zero attached hydrogens (tertiary/aromatic N) is 3. The second-order valence-corrected chi connectivity index (χ2v) is 3.04. The second-order valence-electron chi connectivity index (χ2n) is 3.04. The Kier molecular flexibility index (Phi) is 4.04. The molecule has 1 rings (SSSR count). The molecule has 0 saturated heterocycles. The van der Waals surface area contributed by atoms with Crippen LogP contribution < -0.4 is 10.5 Å². The van der Waals surface area contributed by atoms with E-state index >= 15 is 0 Å². The van der Waals surface area contributed by atoms with Crippen LogP contribution in [0.25, 0.3) is 0 Å². The average molecular weight is 214 g/mol. The lowest BCUT2D eigenvalue weighted by molar-refractivity contribution is -0.385. The first-order chi connectivity index (χ1) is 7.19. The van der Waals surface area contributed by atoms with Crippen molar-refractivity contribution >= 4 is 5.69 Å². The summed E-state index contributed by atoms with van der Waals surface area (Å²) in [5.41, 5.74) is 5.23. The first-order valence-corrected chi connectivity index (χ1v) is 4.65. The average Bonchev–Trinajstić information content (AvgIpc) is 2.62. The van der Waals surface area contributed by atoms with Crippen molar-refractivity contribution in [2.75, 3.05) is 13.7 Å². The van der Waals surface area contributed by atoms with Gasteiger partial charge in [0.2, 0.25) is 0 Å². The molecule has 0 spiro atoms. The molecule has 0 fully saturated rings. The van der Waals surface area contributed by atoms with Crippen molar-refractivity contribution < 1.29 is 9.66 Å². The van der Waals surface area contributed by atoms with Gasteiger partial charge in [0.15, 0.2) is 0 Å². The molecule has 0 amide bonds. The summed E-state index contributed by atoms with van der Waals surface area (Å²) in [6.07, 6.45) is 3.09. The van der Waals surface area contributed by atoms with Gasteiger partial charge in [-0.25, -0.2) is 0 Å². The molecule has 84 valence electrons. The molecule has 0 bridgehead atoms. The standard InChI is InChI=1S/C8H14N4O3/c1-15-8-7(12(13)14)6-11(10-8)5-3-2-4-9/h6H,2-5,9H2,1H3. The maximum absolute atomic E-state index is 10.6. The minimum atomic E-state index is -0.509. The fourth-order valence-corrected chi connectivity index (χ4v) is 1.20. The van der Waals surface area contributed by atoms with Crippen LogP contribution in [0.2, 0.25) is 0 Å². The van der Waals surface area contributed by atoms with Gasteiger partial charge < -0.3 is 10.5 Å². The van der Waals surface area contributed by atoms with Crippen molar-refractivity contribution in [3.8, 4) is 5.88 Å². The smallest absolute Gasteiger partial charge is 0.350 e. The molecule has 2 N–H and O–H groups in total. The maximum Gasteiger partial charge on any atom is 0.350 e. The van der Waals surface area contributed by atoms with Crippen LogP contribution >= 0.6 is 0 Å². The number of ether oxygens (including phenoxy) is 1. The van der Waals surface area contributed by atoms with Gasteiger partial charge in [-0.15, -0.1) is 5.10 Å². The highest BCUT2D eigenvalue weighted by Crippen LogP contribution is 2.23. The molecule has 7 nitrogen and oxygen atoms in total. The van der Waals surface area contributed by atoms with Crippen molar-refractivity contribution in [1.82, 2.24) is 9.78 Å². The summed E-state index contributed by atoms with van der Waals surface area (Å²) in [5, 5.41) is 14.5. The lowest BCUT2D eigenvalue weighted by Crippen LogP contribution is -2.03. The summed E-state index contributed by atoms with van der Waals surface area (Å²) in [5.74, 6) is 0.0488. The number of aromatic nitrogens is 2. The first kappa shape index (κ1) is 11.4. The minimum Gasteiger partial charge on any atom is -0.475 e. The van der Waals surface area contributed by atoms with Gasteiger partial charge in [0.1, 0.15) is 6.20 Å². The molecular weight excluding hydrogens is 200 g/mol. The Balaban J connectivity index is 2.70. The minimum absolute atomic E-state index is 0.0488. The van der Waals surface area contributed by atoms with Crippen molar-refractivity contribution in [3.05, 3.63) is 16.3 Å². The van der Waals surface area contributed by atoms with E-state index in [1.807, 2.05) is 0 Å². The Morgan fingerprint density at radius 1 is 1.67 bits per heavy atom. The van der Waals surface area contributed by atoms with E-state index in [4.69, 9.17) is 10.5 Å². The van der Waals surface area contributed by atoms with Crippen LogP contribution in [0.1, 0.15) is 12.8 Å². The number of rotatable bonds is 6. The van der Waals surface area contributed by atoms with E-state index in [2.05, 4.69) is 5.10 Å². The Bertz CT molecular complexity index is 337. The molecule has 1 aromatic heterocycles. The molecule has 0 atom stereocenters. The number of unbranched alkanes of at least 4 members (excludes halogenated alkanes) is 1. The van der Waals surface area contributed by atoms with E-state index in [-0.39, 0.29) is 11.6 Å². The first-order valence-electron chi connectivity index (χ1n) is 4.65. The molecule has 1 heterocycles. The molecule has 0 aliphatic rings. The number of nitro groups is 1. The summed E-state index contributed by atoms with van der Waals surface area (Å²) < 4.78 is 6.30. The van der Waals surface area contributed by atoms with Gasteiger partial charge in [-0.3, -0.25) is 14.8 Å². The van der Waals surface area contributed by atoms with E-state index in [0.717, 1.165) is 12.8 Å². The summed E-state index contributed by atoms with van der Waals surface area (Å²) in [7, 11) is 1.36. The number of nitrogens with two attached hydrogens (primary N) is 1. The van der Waals surface area contributed by atoms with Crippen molar-refractivity contribution in [1.29, 1.82) is 0 Å². The normalized spacial score (nSPS) is 10.3. The van der Waals surface area contributed by atoms with Gasteiger partial charge in [-0.1, -0.05) is 0 Å². The molecule has 0 unspecified atom stereocenters. The van der Waals surface area contributed by atoms with E-state index < -0.39 is 4.92 Å². The molecule has 0 aliphatic heterocycles. The third-order valence-corrected chi connectivity index (χ3v) is 1.94. The third-order valence-electron chi connectivity index (χ3n) is 1.94. The molecule has 0 aliphatic carbocycles. The van der Waals surface area contributed by atoms with Crippen LogP contribution in [-0.4, -0.2) is 28.4 Å². The Morgan fingerprint density at radius 2 is 2.40 bits per heavy atom. The molecule has 0 saturated carbocycles. The number of methoxy groups -OCH3 is 1. The Morgan fingerprint density at radius 3 is 2.87 bits per heavy atom. The largest absolute Gasteiger partial charge is 0.475 e.